The van der Waals surface area contributed by atoms with Crippen LogP contribution in [0.1, 0.15) is 18.3 Å². The first-order valence-electron chi connectivity index (χ1n) is 6.17. The van der Waals surface area contributed by atoms with Crippen LogP contribution in [0.15, 0.2) is 30.5 Å². The highest BCUT2D eigenvalue weighted by atomic mass is 16.5. The van der Waals surface area contributed by atoms with Crippen molar-refractivity contribution in [1.82, 2.24) is 9.97 Å². The van der Waals surface area contributed by atoms with E-state index >= 15 is 0 Å². The van der Waals surface area contributed by atoms with Gasteiger partial charge in [0.15, 0.2) is 0 Å². The Morgan fingerprint density at radius 3 is 2.79 bits per heavy atom. The van der Waals surface area contributed by atoms with E-state index in [0.717, 1.165) is 11.4 Å². The second kappa shape index (κ2) is 6.04. The predicted molar refractivity (Wildman–Crippen MR) is 73.4 cm³/mol. The maximum absolute atomic E-state index is 9.69. The van der Waals surface area contributed by atoms with Crippen molar-refractivity contribution >= 4 is 5.69 Å². The smallest absolute Gasteiger partial charge is 0.213 e. The molecule has 0 aliphatic rings. The molecule has 2 N–H and O–H groups in total. The summed E-state index contributed by atoms with van der Waals surface area (Å²) >= 11 is 0. The number of pyridine rings is 2. The van der Waals surface area contributed by atoms with Crippen molar-refractivity contribution in [1.29, 1.82) is 0 Å². The molecule has 0 spiro atoms. The lowest BCUT2D eigenvalue weighted by molar-refractivity contribution is 0.327. The van der Waals surface area contributed by atoms with Gasteiger partial charge in [0, 0.05) is 11.8 Å². The van der Waals surface area contributed by atoms with Gasteiger partial charge < -0.3 is 15.2 Å². The molecule has 0 saturated heterocycles. The minimum Gasteiger partial charge on any atom is -0.506 e. The molecule has 0 saturated carbocycles. The fourth-order valence-electron chi connectivity index (χ4n) is 1.64. The number of anilines is 1. The van der Waals surface area contributed by atoms with Crippen molar-refractivity contribution in [3.63, 3.8) is 0 Å². The topological polar surface area (TPSA) is 67.3 Å². The van der Waals surface area contributed by atoms with Crippen molar-refractivity contribution < 1.29 is 9.84 Å². The molecule has 5 heteroatoms. The molecule has 0 atom stereocenters. The van der Waals surface area contributed by atoms with Crippen LogP contribution in [0.2, 0.25) is 0 Å². The van der Waals surface area contributed by atoms with Crippen LogP contribution in [-0.2, 0) is 6.54 Å². The second-order valence-corrected chi connectivity index (χ2v) is 4.09. The minimum absolute atomic E-state index is 0.192. The lowest BCUT2D eigenvalue weighted by Crippen LogP contribution is -2.03. The molecule has 0 aromatic carbocycles. The van der Waals surface area contributed by atoms with Crippen molar-refractivity contribution in [3.8, 4) is 11.6 Å². The van der Waals surface area contributed by atoms with Crippen LogP contribution in [0, 0.1) is 6.92 Å². The van der Waals surface area contributed by atoms with E-state index < -0.39 is 0 Å². The largest absolute Gasteiger partial charge is 0.506 e. The second-order valence-electron chi connectivity index (χ2n) is 4.09. The normalized spacial score (nSPS) is 10.2. The van der Waals surface area contributed by atoms with Crippen LogP contribution in [0.5, 0.6) is 11.6 Å². The zero-order valence-electron chi connectivity index (χ0n) is 11.1. The van der Waals surface area contributed by atoms with Crippen LogP contribution in [0.25, 0.3) is 0 Å². The Kier molecular flexibility index (Phi) is 4.18. The quantitative estimate of drug-likeness (QED) is 0.863. The van der Waals surface area contributed by atoms with E-state index in [1.807, 2.05) is 19.9 Å². The van der Waals surface area contributed by atoms with Crippen LogP contribution < -0.4 is 10.1 Å². The molecule has 2 heterocycles. The first-order chi connectivity index (χ1) is 9.19. The maximum atomic E-state index is 9.69. The Morgan fingerprint density at radius 1 is 1.26 bits per heavy atom. The van der Waals surface area contributed by atoms with Crippen molar-refractivity contribution in [3.05, 3.63) is 41.9 Å². The Hall–Kier alpha value is -2.30. The SMILES string of the molecule is CCOc1ccc(NCc2nc(C)ccc2O)cn1. The summed E-state index contributed by atoms with van der Waals surface area (Å²) in [4.78, 5) is 8.43. The molecule has 2 aromatic heterocycles. The molecular weight excluding hydrogens is 242 g/mol. The van der Waals surface area contributed by atoms with E-state index in [-0.39, 0.29) is 5.75 Å². The number of aryl methyl sites for hydroxylation is 1. The van der Waals surface area contributed by atoms with Gasteiger partial charge >= 0.3 is 0 Å². The summed E-state index contributed by atoms with van der Waals surface area (Å²) in [6, 6.07) is 7.10. The summed E-state index contributed by atoms with van der Waals surface area (Å²) in [5.41, 5.74) is 2.35. The van der Waals surface area contributed by atoms with Gasteiger partial charge in [-0.3, -0.25) is 4.98 Å². The number of ether oxygens (including phenoxy) is 1. The molecule has 5 nitrogen and oxygen atoms in total. The molecule has 0 amide bonds. The van der Waals surface area contributed by atoms with Gasteiger partial charge in [0.1, 0.15) is 11.4 Å². The third kappa shape index (κ3) is 3.58. The van der Waals surface area contributed by atoms with E-state index in [1.165, 1.54) is 0 Å². The summed E-state index contributed by atoms with van der Waals surface area (Å²) in [5, 5.41) is 12.8. The van der Waals surface area contributed by atoms with E-state index in [0.29, 0.717) is 24.7 Å². The number of nitrogens with one attached hydrogen (secondary N) is 1. The molecule has 19 heavy (non-hydrogen) atoms. The zero-order chi connectivity index (χ0) is 13.7. The third-order valence-electron chi connectivity index (χ3n) is 2.58. The van der Waals surface area contributed by atoms with Gasteiger partial charge in [-0.15, -0.1) is 0 Å². The van der Waals surface area contributed by atoms with Crippen molar-refractivity contribution in [2.24, 2.45) is 0 Å². The molecule has 0 radical (unpaired) electrons. The molecular formula is C14H17N3O2. The summed E-state index contributed by atoms with van der Waals surface area (Å²) in [6.45, 7) is 4.85. The first-order valence-corrected chi connectivity index (χ1v) is 6.17. The Bertz CT molecular complexity index is 541. The summed E-state index contributed by atoms with van der Waals surface area (Å²) < 4.78 is 5.27. The van der Waals surface area contributed by atoms with Gasteiger partial charge in [0.25, 0.3) is 0 Å². The molecule has 0 fully saturated rings. The third-order valence-corrected chi connectivity index (χ3v) is 2.58. The van der Waals surface area contributed by atoms with E-state index in [1.54, 1.807) is 24.4 Å². The number of rotatable bonds is 5. The number of nitrogens with zero attached hydrogens (tertiary/aromatic N) is 2. The van der Waals surface area contributed by atoms with Gasteiger partial charge in [-0.1, -0.05) is 0 Å². The maximum Gasteiger partial charge on any atom is 0.213 e. The molecule has 0 aliphatic heterocycles. The Balaban J connectivity index is 2.00. The van der Waals surface area contributed by atoms with Gasteiger partial charge in [-0.05, 0) is 32.0 Å². The molecule has 0 bridgehead atoms. The monoisotopic (exact) mass is 259 g/mol. The number of aromatic hydroxyl groups is 1. The fourth-order valence-corrected chi connectivity index (χ4v) is 1.64. The fraction of sp³-hybridized carbons (Fsp3) is 0.286. The Morgan fingerprint density at radius 2 is 2.11 bits per heavy atom. The predicted octanol–water partition coefficient (Wildman–Crippen LogP) is 2.50. The standard InChI is InChI=1S/C14H17N3O2/c1-3-19-14-7-5-11(8-16-14)15-9-12-13(18)6-4-10(2)17-12/h4-8,15,18H,3,9H2,1-2H3. The van der Waals surface area contributed by atoms with Crippen molar-refractivity contribution in [2.45, 2.75) is 20.4 Å². The van der Waals surface area contributed by atoms with E-state index in [9.17, 15) is 5.11 Å². The molecule has 100 valence electrons. The number of aromatic nitrogens is 2. The Labute approximate surface area is 112 Å². The van der Waals surface area contributed by atoms with Gasteiger partial charge in [-0.25, -0.2) is 4.98 Å². The minimum atomic E-state index is 0.192. The van der Waals surface area contributed by atoms with Crippen LogP contribution in [-0.4, -0.2) is 21.7 Å². The van der Waals surface area contributed by atoms with Crippen molar-refractivity contribution in [2.75, 3.05) is 11.9 Å². The lowest BCUT2D eigenvalue weighted by Gasteiger charge is -2.08. The summed E-state index contributed by atoms with van der Waals surface area (Å²) in [5.74, 6) is 0.793. The average Bonchev–Trinajstić information content (AvgIpc) is 2.42. The highest BCUT2D eigenvalue weighted by Gasteiger charge is 2.03. The summed E-state index contributed by atoms with van der Waals surface area (Å²) in [6.07, 6.45) is 1.69. The zero-order valence-corrected chi connectivity index (χ0v) is 11.1. The van der Waals surface area contributed by atoms with Gasteiger partial charge in [0.05, 0.1) is 25.0 Å². The number of hydrogen-bond donors (Lipinski definition) is 2. The van der Waals surface area contributed by atoms with E-state index in [2.05, 4.69) is 15.3 Å². The van der Waals surface area contributed by atoms with Crippen LogP contribution in [0.3, 0.4) is 0 Å². The first kappa shape index (κ1) is 13.1. The molecule has 0 aliphatic carbocycles. The lowest BCUT2D eigenvalue weighted by atomic mass is 10.3. The van der Waals surface area contributed by atoms with Gasteiger partial charge in [-0.2, -0.15) is 0 Å². The average molecular weight is 259 g/mol. The van der Waals surface area contributed by atoms with Crippen LogP contribution in [0.4, 0.5) is 5.69 Å². The highest BCUT2D eigenvalue weighted by molar-refractivity contribution is 5.43. The van der Waals surface area contributed by atoms with E-state index in [4.69, 9.17) is 4.74 Å². The molecule has 2 aromatic rings. The highest BCUT2D eigenvalue weighted by Crippen LogP contribution is 2.17. The molecule has 0 unspecified atom stereocenters. The molecule has 2 rings (SSSR count). The number of hydrogen-bond acceptors (Lipinski definition) is 5. The van der Waals surface area contributed by atoms with Gasteiger partial charge in [0.2, 0.25) is 5.88 Å². The summed E-state index contributed by atoms with van der Waals surface area (Å²) in [7, 11) is 0. The van der Waals surface area contributed by atoms with Crippen LogP contribution >= 0.6 is 0 Å².